The molecule has 2 aromatic rings. The summed E-state index contributed by atoms with van der Waals surface area (Å²) >= 11 is 18.2. The van der Waals surface area contributed by atoms with Crippen molar-refractivity contribution in [3.8, 4) is 11.4 Å². The number of hydrogen-bond donors (Lipinski definition) is 0. The first-order valence-corrected chi connectivity index (χ1v) is 7.88. The predicted molar refractivity (Wildman–Crippen MR) is 83.7 cm³/mol. The molecule has 6 heteroatoms. The molecule has 0 N–H and O–H groups in total. The van der Waals surface area contributed by atoms with Crippen LogP contribution in [0.2, 0.25) is 15.3 Å². The van der Waals surface area contributed by atoms with Gasteiger partial charge in [-0.3, -0.25) is 0 Å². The van der Waals surface area contributed by atoms with Crippen molar-refractivity contribution in [2.45, 2.75) is 31.6 Å². The average Bonchev–Trinajstić information content (AvgIpc) is 2.95. The van der Waals surface area contributed by atoms with Crippen LogP contribution in [-0.2, 0) is 0 Å². The molecule has 110 valence electrons. The first kappa shape index (κ1) is 15.0. The number of benzene rings is 1. The van der Waals surface area contributed by atoms with E-state index in [1.165, 1.54) is 25.0 Å². The SMILES string of the molecule is Fc1cc(-c2nc(Cl)c(C3CCCC3)c(Cl)n2)ccc1Cl. The molecule has 0 bridgehead atoms. The van der Waals surface area contributed by atoms with Crippen LogP contribution in [0.25, 0.3) is 11.4 Å². The van der Waals surface area contributed by atoms with Gasteiger partial charge in [0, 0.05) is 11.1 Å². The zero-order chi connectivity index (χ0) is 15.0. The molecule has 1 aliphatic rings. The maximum absolute atomic E-state index is 13.5. The van der Waals surface area contributed by atoms with Crippen molar-refractivity contribution < 1.29 is 4.39 Å². The van der Waals surface area contributed by atoms with Gasteiger partial charge in [-0.05, 0) is 37.0 Å². The van der Waals surface area contributed by atoms with E-state index in [9.17, 15) is 4.39 Å². The Morgan fingerprint density at radius 1 is 1.00 bits per heavy atom. The van der Waals surface area contributed by atoms with Gasteiger partial charge < -0.3 is 0 Å². The molecule has 0 aliphatic heterocycles. The van der Waals surface area contributed by atoms with Gasteiger partial charge in [0.05, 0.1) is 5.02 Å². The van der Waals surface area contributed by atoms with Crippen LogP contribution in [0.5, 0.6) is 0 Å². The van der Waals surface area contributed by atoms with Gasteiger partial charge >= 0.3 is 0 Å². The topological polar surface area (TPSA) is 25.8 Å². The molecule has 0 unspecified atom stereocenters. The Bertz CT molecular complexity index is 662. The van der Waals surface area contributed by atoms with Gasteiger partial charge in [-0.1, -0.05) is 47.6 Å². The lowest BCUT2D eigenvalue weighted by Gasteiger charge is -2.13. The highest BCUT2D eigenvalue weighted by molar-refractivity contribution is 6.34. The molecule has 0 amide bonds. The van der Waals surface area contributed by atoms with Crippen molar-refractivity contribution in [2.24, 2.45) is 0 Å². The van der Waals surface area contributed by atoms with Crippen molar-refractivity contribution >= 4 is 34.8 Å². The van der Waals surface area contributed by atoms with Crippen LogP contribution in [-0.4, -0.2) is 9.97 Å². The van der Waals surface area contributed by atoms with E-state index in [4.69, 9.17) is 34.8 Å². The van der Waals surface area contributed by atoms with E-state index in [1.807, 2.05) is 0 Å². The fraction of sp³-hybridized carbons (Fsp3) is 0.333. The standard InChI is InChI=1S/C15H12Cl3FN2/c16-10-6-5-9(7-11(10)19)15-20-13(17)12(14(18)21-15)8-3-1-2-4-8/h5-8H,1-4H2. The highest BCUT2D eigenvalue weighted by Gasteiger charge is 2.24. The molecule has 1 heterocycles. The van der Waals surface area contributed by atoms with Crippen LogP contribution < -0.4 is 0 Å². The van der Waals surface area contributed by atoms with Gasteiger partial charge in [0.1, 0.15) is 16.1 Å². The van der Waals surface area contributed by atoms with E-state index in [0.29, 0.717) is 27.6 Å². The molecule has 1 saturated carbocycles. The number of aromatic nitrogens is 2. The molecule has 0 atom stereocenters. The van der Waals surface area contributed by atoms with Gasteiger partial charge in [0.25, 0.3) is 0 Å². The minimum absolute atomic E-state index is 0.0542. The summed E-state index contributed by atoms with van der Waals surface area (Å²) in [7, 11) is 0. The van der Waals surface area contributed by atoms with Crippen LogP contribution in [0.1, 0.15) is 37.2 Å². The Balaban J connectivity index is 2.03. The predicted octanol–water partition coefficient (Wildman–Crippen LogP) is 5.90. The molecule has 3 rings (SSSR count). The first-order chi connectivity index (χ1) is 10.1. The normalized spacial score (nSPS) is 15.6. The second-order valence-electron chi connectivity index (χ2n) is 5.15. The molecule has 1 aromatic heterocycles. The summed E-state index contributed by atoms with van der Waals surface area (Å²) in [5, 5.41) is 0.762. The van der Waals surface area contributed by atoms with Crippen molar-refractivity contribution in [2.75, 3.05) is 0 Å². The van der Waals surface area contributed by atoms with Gasteiger partial charge in [0.15, 0.2) is 5.82 Å². The van der Waals surface area contributed by atoms with Gasteiger partial charge in [-0.2, -0.15) is 0 Å². The Labute approximate surface area is 137 Å². The number of rotatable bonds is 2. The summed E-state index contributed by atoms with van der Waals surface area (Å²) in [5.74, 6) is 0.105. The van der Waals surface area contributed by atoms with Crippen molar-refractivity contribution in [1.82, 2.24) is 9.97 Å². The largest absolute Gasteiger partial charge is 0.216 e. The van der Waals surface area contributed by atoms with E-state index < -0.39 is 5.82 Å². The van der Waals surface area contributed by atoms with Crippen LogP contribution in [0, 0.1) is 5.82 Å². The lowest BCUT2D eigenvalue weighted by Crippen LogP contribution is -2.01. The molecule has 1 fully saturated rings. The average molecular weight is 346 g/mol. The van der Waals surface area contributed by atoms with E-state index in [-0.39, 0.29) is 5.02 Å². The molecular weight excluding hydrogens is 334 g/mol. The van der Waals surface area contributed by atoms with Gasteiger partial charge in [0.2, 0.25) is 0 Å². The zero-order valence-electron chi connectivity index (χ0n) is 11.0. The van der Waals surface area contributed by atoms with Crippen molar-refractivity contribution in [3.63, 3.8) is 0 Å². The molecule has 0 spiro atoms. The smallest absolute Gasteiger partial charge is 0.162 e. The van der Waals surface area contributed by atoms with Crippen LogP contribution in [0.3, 0.4) is 0 Å². The number of halogens is 4. The second-order valence-corrected chi connectivity index (χ2v) is 6.28. The summed E-state index contributed by atoms with van der Waals surface area (Å²) < 4.78 is 13.5. The van der Waals surface area contributed by atoms with E-state index in [0.717, 1.165) is 18.4 Å². The molecule has 1 aliphatic carbocycles. The zero-order valence-corrected chi connectivity index (χ0v) is 13.3. The molecular formula is C15H12Cl3FN2. The first-order valence-electron chi connectivity index (χ1n) is 6.74. The van der Waals surface area contributed by atoms with Crippen LogP contribution >= 0.6 is 34.8 Å². The fourth-order valence-corrected chi connectivity index (χ4v) is 3.55. The lowest BCUT2D eigenvalue weighted by atomic mass is 10.0. The molecule has 0 radical (unpaired) electrons. The van der Waals surface area contributed by atoms with Crippen LogP contribution in [0.15, 0.2) is 18.2 Å². The lowest BCUT2D eigenvalue weighted by molar-refractivity contribution is 0.628. The summed E-state index contributed by atoms with van der Waals surface area (Å²) in [6, 6.07) is 4.38. The Morgan fingerprint density at radius 3 is 2.19 bits per heavy atom. The third-order valence-electron chi connectivity index (χ3n) is 3.79. The number of nitrogens with zero attached hydrogens (tertiary/aromatic N) is 2. The summed E-state index contributed by atoms with van der Waals surface area (Å²) in [6.07, 6.45) is 4.44. The van der Waals surface area contributed by atoms with E-state index >= 15 is 0 Å². The maximum atomic E-state index is 13.5. The van der Waals surface area contributed by atoms with E-state index in [2.05, 4.69) is 9.97 Å². The summed E-state index contributed by atoms with van der Waals surface area (Å²) in [6.45, 7) is 0. The quantitative estimate of drug-likeness (QED) is 0.633. The third-order valence-corrected chi connectivity index (χ3v) is 4.68. The molecule has 0 saturated heterocycles. The molecule has 1 aromatic carbocycles. The Morgan fingerprint density at radius 2 is 1.62 bits per heavy atom. The maximum Gasteiger partial charge on any atom is 0.162 e. The summed E-state index contributed by atoms with van der Waals surface area (Å²) in [5.41, 5.74) is 1.31. The van der Waals surface area contributed by atoms with Gasteiger partial charge in [-0.15, -0.1) is 0 Å². The minimum Gasteiger partial charge on any atom is -0.216 e. The minimum atomic E-state index is -0.523. The van der Waals surface area contributed by atoms with Crippen molar-refractivity contribution in [1.29, 1.82) is 0 Å². The highest BCUT2D eigenvalue weighted by Crippen LogP contribution is 2.40. The van der Waals surface area contributed by atoms with Crippen molar-refractivity contribution in [3.05, 3.63) is 44.9 Å². The molecule has 2 nitrogen and oxygen atoms in total. The Kier molecular flexibility index (Phi) is 4.34. The highest BCUT2D eigenvalue weighted by atomic mass is 35.5. The van der Waals surface area contributed by atoms with Crippen LogP contribution in [0.4, 0.5) is 4.39 Å². The Hall–Kier alpha value is -0.900. The van der Waals surface area contributed by atoms with E-state index in [1.54, 1.807) is 6.07 Å². The monoisotopic (exact) mass is 344 g/mol. The number of hydrogen-bond acceptors (Lipinski definition) is 2. The summed E-state index contributed by atoms with van der Waals surface area (Å²) in [4.78, 5) is 8.56. The van der Waals surface area contributed by atoms with Gasteiger partial charge in [-0.25, -0.2) is 14.4 Å². The third kappa shape index (κ3) is 3.01. The fourth-order valence-electron chi connectivity index (χ4n) is 2.73. The second kappa shape index (κ2) is 6.07. The molecule has 21 heavy (non-hydrogen) atoms.